The molecule has 0 spiro atoms. The molecule has 1 heterocycles. The second kappa shape index (κ2) is 11.6. The zero-order valence-corrected chi connectivity index (χ0v) is 19.0. The molecule has 148 valence electrons. The number of guanidine groups is 1. The first-order chi connectivity index (χ1) is 12.0. The predicted octanol–water partition coefficient (Wildman–Crippen LogP) is 3.22. The van der Waals surface area contributed by atoms with Crippen molar-refractivity contribution in [3.8, 4) is 0 Å². The summed E-state index contributed by atoms with van der Waals surface area (Å²) in [7, 11) is 0. The van der Waals surface area contributed by atoms with E-state index in [0.717, 1.165) is 38.7 Å². The molecule has 0 radical (unpaired) electrons. The van der Waals surface area contributed by atoms with Gasteiger partial charge in [-0.1, -0.05) is 18.2 Å². The van der Waals surface area contributed by atoms with E-state index >= 15 is 0 Å². The molecular weight excluding hydrogens is 437 g/mol. The second-order valence-corrected chi connectivity index (χ2v) is 7.70. The first-order valence-corrected chi connectivity index (χ1v) is 9.58. The van der Waals surface area contributed by atoms with Gasteiger partial charge in [-0.05, 0) is 52.7 Å². The van der Waals surface area contributed by atoms with Crippen LogP contribution in [0.15, 0.2) is 35.3 Å². The number of benzene rings is 1. The lowest BCUT2D eigenvalue weighted by Crippen LogP contribution is -2.51. The van der Waals surface area contributed by atoms with Crippen molar-refractivity contribution in [2.24, 2.45) is 4.99 Å². The van der Waals surface area contributed by atoms with Crippen molar-refractivity contribution in [3.63, 3.8) is 0 Å². The van der Waals surface area contributed by atoms with E-state index in [-0.39, 0.29) is 29.5 Å². The van der Waals surface area contributed by atoms with E-state index in [9.17, 15) is 0 Å². The summed E-state index contributed by atoms with van der Waals surface area (Å²) in [4.78, 5) is 7.19. The third kappa shape index (κ3) is 8.58. The summed E-state index contributed by atoms with van der Waals surface area (Å²) < 4.78 is 0. The van der Waals surface area contributed by atoms with Gasteiger partial charge in [0.05, 0.1) is 6.54 Å². The normalized spacial score (nSPS) is 18.2. The fraction of sp³-hybridized carbons (Fsp3) is 0.650. The Hall–Kier alpha value is -1.02. The predicted molar refractivity (Wildman–Crippen MR) is 124 cm³/mol. The smallest absolute Gasteiger partial charge is 0.191 e. The van der Waals surface area contributed by atoms with Gasteiger partial charge < -0.3 is 20.9 Å². The van der Waals surface area contributed by atoms with Crippen LogP contribution < -0.4 is 20.9 Å². The highest BCUT2D eigenvalue weighted by atomic mass is 127. The number of para-hydroxylation sites is 1. The molecule has 5 nitrogen and oxygen atoms in total. The molecule has 6 heteroatoms. The Bertz CT molecular complexity index is 527. The number of nitrogens with zero attached hydrogens (tertiary/aromatic N) is 2. The summed E-state index contributed by atoms with van der Waals surface area (Å²) in [5, 5.41) is 10.5. The maximum Gasteiger partial charge on any atom is 0.191 e. The summed E-state index contributed by atoms with van der Waals surface area (Å²) >= 11 is 0. The van der Waals surface area contributed by atoms with Crippen molar-refractivity contribution in [2.75, 3.05) is 37.6 Å². The zero-order chi connectivity index (χ0) is 18.1. The lowest BCUT2D eigenvalue weighted by molar-refractivity contribution is 0.431. The van der Waals surface area contributed by atoms with Crippen LogP contribution in [-0.4, -0.2) is 50.3 Å². The van der Waals surface area contributed by atoms with Gasteiger partial charge in [0.15, 0.2) is 5.96 Å². The van der Waals surface area contributed by atoms with E-state index in [4.69, 9.17) is 4.99 Å². The van der Waals surface area contributed by atoms with Crippen LogP contribution in [0.5, 0.6) is 0 Å². The molecule has 1 aliphatic rings. The Kier molecular flexibility index (Phi) is 10.3. The Labute approximate surface area is 176 Å². The number of anilines is 1. The van der Waals surface area contributed by atoms with Gasteiger partial charge >= 0.3 is 0 Å². The molecule has 3 N–H and O–H groups in total. The van der Waals surface area contributed by atoms with Gasteiger partial charge in [0.2, 0.25) is 0 Å². The van der Waals surface area contributed by atoms with Crippen LogP contribution in [0.25, 0.3) is 0 Å². The third-order valence-corrected chi connectivity index (χ3v) is 4.26. The van der Waals surface area contributed by atoms with E-state index < -0.39 is 0 Å². The van der Waals surface area contributed by atoms with Gasteiger partial charge in [0.1, 0.15) is 0 Å². The van der Waals surface area contributed by atoms with Crippen LogP contribution >= 0.6 is 24.0 Å². The highest BCUT2D eigenvalue weighted by Crippen LogP contribution is 2.19. The number of hydrogen-bond acceptors (Lipinski definition) is 3. The molecule has 1 unspecified atom stereocenters. The molecule has 0 bridgehead atoms. The molecule has 26 heavy (non-hydrogen) atoms. The fourth-order valence-electron chi connectivity index (χ4n) is 3.08. The van der Waals surface area contributed by atoms with Gasteiger partial charge in [-0.2, -0.15) is 0 Å². The molecule has 1 aliphatic heterocycles. The van der Waals surface area contributed by atoms with Crippen molar-refractivity contribution in [2.45, 2.75) is 52.1 Å². The van der Waals surface area contributed by atoms with E-state index in [2.05, 4.69) is 78.9 Å². The molecule has 2 rings (SSSR count). The van der Waals surface area contributed by atoms with E-state index in [0.29, 0.717) is 6.04 Å². The molecule has 0 amide bonds. The minimum atomic E-state index is 0. The summed E-state index contributed by atoms with van der Waals surface area (Å²) in [6, 6.07) is 11.1. The van der Waals surface area contributed by atoms with Gasteiger partial charge in [0, 0.05) is 43.4 Å². The van der Waals surface area contributed by atoms with Gasteiger partial charge in [-0.15, -0.1) is 24.0 Å². The minimum absolute atomic E-state index is 0. The number of piperidine rings is 1. The first kappa shape index (κ1) is 23.0. The summed E-state index contributed by atoms with van der Waals surface area (Å²) in [5.74, 6) is 0.929. The topological polar surface area (TPSA) is 51.7 Å². The summed E-state index contributed by atoms with van der Waals surface area (Å²) in [6.07, 6.45) is 2.39. The zero-order valence-electron chi connectivity index (χ0n) is 16.7. The molecule has 1 aromatic carbocycles. The largest absolute Gasteiger partial charge is 0.369 e. The molecule has 0 saturated carbocycles. The van der Waals surface area contributed by atoms with Gasteiger partial charge in [0.25, 0.3) is 0 Å². The highest BCUT2D eigenvalue weighted by Gasteiger charge is 2.20. The van der Waals surface area contributed by atoms with E-state index in [1.165, 1.54) is 18.5 Å². The van der Waals surface area contributed by atoms with Crippen LogP contribution in [0, 0.1) is 0 Å². The van der Waals surface area contributed by atoms with Crippen LogP contribution in [0.4, 0.5) is 5.69 Å². The monoisotopic (exact) mass is 473 g/mol. The summed E-state index contributed by atoms with van der Waals surface area (Å²) in [6.45, 7) is 13.4. The third-order valence-electron chi connectivity index (χ3n) is 4.26. The van der Waals surface area contributed by atoms with Gasteiger partial charge in [-0.25, -0.2) is 0 Å². The highest BCUT2D eigenvalue weighted by molar-refractivity contribution is 14.0. The Balaban J connectivity index is 0.00000338. The van der Waals surface area contributed by atoms with Crippen molar-refractivity contribution >= 4 is 35.6 Å². The minimum Gasteiger partial charge on any atom is -0.369 e. The van der Waals surface area contributed by atoms with Gasteiger partial charge in [-0.3, -0.25) is 4.99 Å². The number of rotatable bonds is 6. The Morgan fingerprint density at radius 3 is 2.62 bits per heavy atom. The second-order valence-electron chi connectivity index (χ2n) is 7.70. The SMILES string of the molecule is CCNC(=NCCNC(C)(C)C)NC1CCCN(c2ccccc2)C1.I. The maximum atomic E-state index is 4.72. The van der Waals surface area contributed by atoms with Crippen LogP contribution in [0.2, 0.25) is 0 Å². The van der Waals surface area contributed by atoms with Crippen molar-refractivity contribution in [1.29, 1.82) is 0 Å². The lowest BCUT2D eigenvalue weighted by Gasteiger charge is -2.35. The standard InChI is InChI=1S/C20H35N5.HI/c1-5-21-19(22-13-14-23-20(2,3)4)24-17-10-9-15-25(16-17)18-11-7-6-8-12-18;/h6-8,11-12,17,23H,5,9-10,13-16H2,1-4H3,(H2,21,22,24);1H. The Morgan fingerprint density at radius 2 is 1.96 bits per heavy atom. The maximum absolute atomic E-state index is 4.72. The lowest BCUT2D eigenvalue weighted by atomic mass is 10.1. The quantitative estimate of drug-likeness (QED) is 0.257. The van der Waals surface area contributed by atoms with Crippen LogP contribution in [0.3, 0.4) is 0 Å². The molecule has 1 saturated heterocycles. The average molecular weight is 473 g/mol. The molecular formula is C20H36IN5. The molecule has 1 fully saturated rings. The molecule has 0 aromatic heterocycles. The van der Waals surface area contributed by atoms with Crippen molar-refractivity contribution in [1.82, 2.24) is 16.0 Å². The molecule has 1 atom stereocenters. The summed E-state index contributed by atoms with van der Waals surface area (Å²) in [5.41, 5.74) is 1.45. The van der Waals surface area contributed by atoms with Crippen molar-refractivity contribution in [3.05, 3.63) is 30.3 Å². The first-order valence-electron chi connectivity index (χ1n) is 9.58. The van der Waals surface area contributed by atoms with E-state index in [1.807, 2.05) is 0 Å². The Morgan fingerprint density at radius 1 is 1.23 bits per heavy atom. The number of halogens is 1. The number of aliphatic imine (C=N–C) groups is 1. The average Bonchev–Trinajstić information content (AvgIpc) is 2.59. The molecule has 0 aliphatic carbocycles. The number of hydrogen-bond donors (Lipinski definition) is 3. The van der Waals surface area contributed by atoms with E-state index in [1.54, 1.807) is 0 Å². The van der Waals surface area contributed by atoms with Crippen LogP contribution in [0.1, 0.15) is 40.5 Å². The van der Waals surface area contributed by atoms with Crippen LogP contribution in [-0.2, 0) is 0 Å². The fourth-order valence-corrected chi connectivity index (χ4v) is 3.08. The number of nitrogens with one attached hydrogen (secondary N) is 3. The molecule has 1 aromatic rings. The van der Waals surface area contributed by atoms with Crippen molar-refractivity contribution < 1.29 is 0 Å².